The highest BCUT2D eigenvalue weighted by molar-refractivity contribution is 5.91. The van der Waals surface area contributed by atoms with Gasteiger partial charge in [0.05, 0.1) is 6.10 Å². The van der Waals surface area contributed by atoms with Crippen molar-refractivity contribution in [2.75, 3.05) is 6.61 Å². The first-order chi connectivity index (χ1) is 12.9. The Kier molecular flexibility index (Phi) is 4.42. The molecule has 0 unspecified atom stereocenters. The maximum atomic E-state index is 12.8. The number of nitrogens with one attached hydrogen (secondary N) is 1. The van der Waals surface area contributed by atoms with E-state index < -0.39 is 11.5 Å². The summed E-state index contributed by atoms with van der Waals surface area (Å²) in [5.41, 5.74) is 1.91. The molecule has 5 nitrogen and oxygen atoms in total. The summed E-state index contributed by atoms with van der Waals surface area (Å²) in [5.74, 6) is -0.341. The lowest BCUT2D eigenvalue weighted by molar-refractivity contribution is -0.243. The van der Waals surface area contributed by atoms with Gasteiger partial charge in [-0.15, -0.1) is 0 Å². The molecule has 2 fully saturated rings. The standard InChI is InChI=1S/C22H25NO4/c1-13-16(14-8-5-4-6-9-14)12-17(20(24)23-13)21(25)27-19-15-10-7-11-26-18(15)22(19,2)3/h4-6,8-9,12,15,18-19H,7,10-11H2,1-3H3,(H,23,24)/t15-,18-,19-/m1/s1. The second-order valence-corrected chi connectivity index (χ2v) is 8.16. The second-order valence-electron chi connectivity index (χ2n) is 8.16. The van der Waals surface area contributed by atoms with Crippen molar-refractivity contribution in [2.45, 2.75) is 45.8 Å². The van der Waals surface area contributed by atoms with E-state index in [1.807, 2.05) is 37.3 Å². The van der Waals surface area contributed by atoms with Gasteiger partial charge in [0.1, 0.15) is 11.7 Å². The number of hydrogen-bond acceptors (Lipinski definition) is 4. The topological polar surface area (TPSA) is 68.4 Å². The van der Waals surface area contributed by atoms with Gasteiger partial charge >= 0.3 is 5.97 Å². The van der Waals surface area contributed by atoms with E-state index >= 15 is 0 Å². The van der Waals surface area contributed by atoms with Crippen molar-refractivity contribution in [3.05, 3.63) is 58.0 Å². The van der Waals surface area contributed by atoms with E-state index in [4.69, 9.17) is 9.47 Å². The van der Waals surface area contributed by atoms with Crippen LogP contribution in [0, 0.1) is 18.3 Å². The molecular weight excluding hydrogens is 342 g/mol. The van der Waals surface area contributed by atoms with Crippen LogP contribution in [-0.4, -0.2) is 29.8 Å². The number of benzene rings is 1. The van der Waals surface area contributed by atoms with Gasteiger partial charge in [0, 0.05) is 29.2 Å². The number of carbonyl (C=O) groups is 1. The molecule has 2 heterocycles. The van der Waals surface area contributed by atoms with Crippen LogP contribution in [0.1, 0.15) is 42.7 Å². The monoisotopic (exact) mass is 367 g/mol. The number of aryl methyl sites for hydroxylation is 1. The first kappa shape index (κ1) is 18.0. The number of fused-ring (bicyclic) bond motifs is 1. The Morgan fingerprint density at radius 2 is 2.00 bits per heavy atom. The molecule has 142 valence electrons. The molecule has 1 saturated carbocycles. The first-order valence-corrected chi connectivity index (χ1v) is 9.51. The zero-order valence-electron chi connectivity index (χ0n) is 16.0. The Morgan fingerprint density at radius 3 is 2.74 bits per heavy atom. The lowest BCUT2D eigenvalue weighted by Crippen LogP contribution is -2.65. The summed E-state index contributed by atoms with van der Waals surface area (Å²) >= 11 is 0. The number of rotatable bonds is 3. The maximum Gasteiger partial charge on any atom is 0.344 e. The van der Waals surface area contributed by atoms with E-state index in [0.717, 1.165) is 36.3 Å². The zero-order chi connectivity index (χ0) is 19.2. The highest BCUT2D eigenvalue weighted by Crippen LogP contribution is 2.53. The van der Waals surface area contributed by atoms with Crippen molar-refractivity contribution >= 4 is 5.97 Å². The smallest absolute Gasteiger partial charge is 0.344 e. The summed E-state index contributed by atoms with van der Waals surface area (Å²) in [6, 6.07) is 11.3. The van der Waals surface area contributed by atoms with Crippen LogP contribution >= 0.6 is 0 Å². The predicted octanol–water partition coefficient (Wildman–Crippen LogP) is 3.71. The number of aromatic nitrogens is 1. The van der Waals surface area contributed by atoms with Gasteiger partial charge < -0.3 is 14.5 Å². The van der Waals surface area contributed by atoms with Crippen molar-refractivity contribution in [3.8, 4) is 11.1 Å². The third-order valence-corrected chi connectivity index (χ3v) is 6.00. The van der Waals surface area contributed by atoms with Crippen molar-refractivity contribution in [2.24, 2.45) is 11.3 Å². The Hall–Kier alpha value is -2.40. The summed E-state index contributed by atoms with van der Waals surface area (Å²) in [6.45, 7) is 6.72. The number of pyridine rings is 1. The molecule has 0 bridgehead atoms. The van der Waals surface area contributed by atoms with Crippen LogP contribution in [0.25, 0.3) is 11.1 Å². The lowest BCUT2D eigenvalue weighted by Gasteiger charge is -2.58. The quantitative estimate of drug-likeness (QED) is 0.840. The highest BCUT2D eigenvalue weighted by atomic mass is 16.6. The van der Waals surface area contributed by atoms with Crippen molar-refractivity contribution in [1.82, 2.24) is 4.98 Å². The molecule has 0 radical (unpaired) electrons. The molecule has 2 aromatic rings. The van der Waals surface area contributed by atoms with Crippen molar-refractivity contribution < 1.29 is 14.3 Å². The molecule has 0 spiro atoms. The number of H-pyrrole nitrogens is 1. The van der Waals surface area contributed by atoms with Crippen LogP contribution in [0.5, 0.6) is 0 Å². The molecule has 27 heavy (non-hydrogen) atoms. The molecule has 1 N–H and O–H groups in total. The van der Waals surface area contributed by atoms with Crippen molar-refractivity contribution in [1.29, 1.82) is 0 Å². The lowest BCUT2D eigenvalue weighted by atomic mass is 9.57. The zero-order valence-corrected chi connectivity index (χ0v) is 16.0. The number of carbonyl (C=O) groups excluding carboxylic acids is 1. The van der Waals surface area contributed by atoms with Crippen LogP contribution < -0.4 is 5.56 Å². The normalized spacial score (nSPS) is 26.0. The number of esters is 1. The van der Waals surface area contributed by atoms with Crippen molar-refractivity contribution in [3.63, 3.8) is 0 Å². The van der Waals surface area contributed by atoms with Gasteiger partial charge in [0.25, 0.3) is 5.56 Å². The van der Waals surface area contributed by atoms with E-state index in [1.54, 1.807) is 6.07 Å². The molecule has 1 aliphatic heterocycles. The molecule has 1 aromatic carbocycles. The summed E-state index contributed by atoms with van der Waals surface area (Å²) in [7, 11) is 0. The van der Waals surface area contributed by atoms with E-state index in [2.05, 4.69) is 18.8 Å². The Bertz CT molecular complexity index is 916. The van der Waals surface area contributed by atoms with E-state index in [9.17, 15) is 9.59 Å². The minimum absolute atomic E-state index is 0.0513. The third-order valence-electron chi connectivity index (χ3n) is 6.00. The fourth-order valence-corrected chi connectivity index (χ4v) is 4.59. The van der Waals surface area contributed by atoms with Crippen LogP contribution in [0.3, 0.4) is 0 Å². The highest BCUT2D eigenvalue weighted by Gasteiger charge is 2.60. The van der Waals surface area contributed by atoms with Gasteiger partial charge in [-0.2, -0.15) is 0 Å². The van der Waals surface area contributed by atoms with E-state index in [-0.39, 0.29) is 29.1 Å². The summed E-state index contributed by atoms with van der Waals surface area (Å²) in [4.78, 5) is 28.1. The van der Waals surface area contributed by atoms with Crippen LogP contribution in [0.4, 0.5) is 0 Å². The second kappa shape index (κ2) is 6.64. The Morgan fingerprint density at radius 1 is 1.26 bits per heavy atom. The molecule has 2 aliphatic rings. The maximum absolute atomic E-state index is 12.8. The van der Waals surface area contributed by atoms with E-state index in [0.29, 0.717) is 0 Å². The minimum atomic E-state index is -0.560. The van der Waals surface area contributed by atoms with Gasteiger partial charge in [0.2, 0.25) is 0 Å². The number of hydrogen-bond donors (Lipinski definition) is 1. The van der Waals surface area contributed by atoms with Gasteiger partial charge in [-0.3, -0.25) is 4.79 Å². The minimum Gasteiger partial charge on any atom is -0.458 e. The van der Waals surface area contributed by atoms with Crippen LogP contribution in [0.2, 0.25) is 0 Å². The SMILES string of the molecule is Cc1[nH]c(=O)c(C(=O)O[C@@H]2[C@@H]3CCCO[C@H]3C2(C)C)cc1-c1ccccc1. The Labute approximate surface area is 158 Å². The molecule has 1 aliphatic carbocycles. The molecule has 5 heteroatoms. The summed E-state index contributed by atoms with van der Waals surface area (Å²) in [5, 5.41) is 0. The average Bonchev–Trinajstić information content (AvgIpc) is 2.66. The fraction of sp³-hybridized carbons (Fsp3) is 0.455. The molecule has 3 atom stereocenters. The molecule has 1 saturated heterocycles. The van der Waals surface area contributed by atoms with Gasteiger partial charge in [-0.05, 0) is 31.4 Å². The van der Waals surface area contributed by atoms with Crippen LogP contribution in [-0.2, 0) is 9.47 Å². The van der Waals surface area contributed by atoms with E-state index in [1.165, 1.54) is 0 Å². The molecular formula is C22H25NO4. The molecule has 1 aromatic heterocycles. The van der Waals surface area contributed by atoms with Gasteiger partial charge in [-0.25, -0.2) is 4.79 Å². The number of ether oxygens (including phenoxy) is 2. The van der Waals surface area contributed by atoms with Crippen LogP contribution in [0.15, 0.2) is 41.2 Å². The number of aromatic amines is 1. The fourth-order valence-electron chi connectivity index (χ4n) is 4.59. The predicted molar refractivity (Wildman–Crippen MR) is 103 cm³/mol. The van der Waals surface area contributed by atoms with Gasteiger partial charge in [-0.1, -0.05) is 44.2 Å². The third kappa shape index (κ3) is 3.00. The molecule has 4 rings (SSSR count). The summed E-state index contributed by atoms with van der Waals surface area (Å²) < 4.78 is 11.7. The van der Waals surface area contributed by atoms with Gasteiger partial charge in [0.15, 0.2) is 0 Å². The Balaban J connectivity index is 1.62. The largest absolute Gasteiger partial charge is 0.458 e. The molecule has 0 amide bonds. The summed E-state index contributed by atoms with van der Waals surface area (Å²) in [6.07, 6.45) is 1.87. The average molecular weight is 367 g/mol. The first-order valence-electron chi connectivity index (χ1n) is 9.51.